The van der Waals surface area contributed by atoms with E-state index in [2.05, 4.69) is 10.3 Å². The van der Waals surface area contributed by atoms with E-state index in [4.69, 9.17) is 16.3 Å². The van der Waals surface area contributed by atoms with Crippen LogP contribution < -0.4 is 5.32 Å². The van der Waals surface area contributed by atoms with Crippen LogP contribution in [0.1, 0.15) is 26.0 Å². The van der Waals surface area contributed by atoms with E-state index in [1.54, 1.807) is 0 Å². The van der Waals surface area contributed by atoms with Gasteiger partial charge in [-0.2, -0.15) is 0 Å². The predicted octanol–water partition coefficient (Wildman–Crippen LogP) is 3.94. The molecule has 2 aromatic rings. The highest BCUT2D eigenvalue weighted by Gasteiger charge is 2.09. The SMILES string of the molecule is CC(C)OCCCNC(=O)Cc1csc(-c2ccc(Cl)cc2)n1. The second kappa shape index (κ2) is 9.01. The smallest absolute Gasteiger partial charge is 0.226 e. The van der Waals surface area contributed by atoms with Crippen LogP contribution in [0.15, 0.2) is 29.6 Å². The van der Waals surface area contributed by atoms with Gasteiger partial charge in [0.15, 0.2) is 0 Å². The lowest BCUT2D eigenvalue weighted by Gasteiger charge is -2.07. The average molecular weight is 353 g/mol. The number of carbonyl (C=O) groups is 1. The van der Waals surface area contributed by atoms with Gasteiger partial charge in [-0.1, -0.05) is 23.7 Å². The van der Waals surface area contributed by atoms with Gasteiger partial charge in [0.2, 0.25) is 5.91 Å². The Balaban J connectivity index is 1.77. The molecule has 0 aliphatic rings. The summed E-state index contributed by atoms with van der Waals surface area (Å²) in [5.41, 5.74) is 1.80. The van der Waals surface area contributed by atoms with Gasteiger partial charge in [-0.3, -0.25) is 4.79 Å². The molecular weight excluding hydrogens is 332 g/mol. The zero-order valence-corrected chi connectivity index (χ0v) is 14.9. The molecule has 23 heavy (non-hydrogen) atoms. The summed E-state index contributed by atoms with van der Waals surface area (Å²) in [6, 6.07) is 7.54. The summed E-state index contributed by atoms with van der Waals surface area (Å²) in [6.45, 7) is 5.28. The van der Waals surface area contributed by atoms with E-state index in [9.17, 15) is 4.79 Å². The van der Waals surface area contributed by atoms with Crippen LogP contribution in [-0.4, -0.2) is 30.1 Å². The van der Waals surface area contributed by atoms with Crippen LogP contribution in [-0.2, 0) is 16.0 Å². The molecule has 0 fully saturated rings. The molecule has 6 heteroatoms. The number of ether oxygens (including phenoxy) is 1. The topological polar surface area (TPSA) is 51.2 Å². The molecule has 0 bridgehead atoms. The maximum Gasteiger partial charge on any atom is 0.226 e. The van der Waals surface area contributed by atoms with Crippen molar-refractivity contribution < 1.29 is 9.53 Å². The van der Waals surface area contributed by atoms with Crippen molar-refractivity contribution in [1.29, 1.82) is 0 Å². The minimum Gasteiger partial charge on any atom is -0.379 e. The highest BCUT2D eigenvalue weighted by atomic mass is 35.5. The molecule has 0 aliphatic carbocycles. The first kappa shape index (κ1) is 17.9. The summed E-state index contributed by atoms with van der Waals surface area (Å²) >= 11 is 7.41. The van der Waals surface area contributed by atoms with E-state index in [1.165, 1.54) is 11.3 Å². The van der Waals surface area contributed by atoms with Crippen LogP contribution in [0.2, 0.25) is 5.02 Å². The van der Waals surface area contributed by atoms with E-state index in [-0.39, 0.29) is 12.0 Å². The number of thiazole rings is 1. The Hall–Kier alpha value is -1.43. The fraction of sp³-hybridized carbons (Fsp3) is 0.412. The molecule has 4 nitrogen and oxygen atoms in total. The summed E-state index contributed by atoms with van der Waals surface area (Å²) < 4.78 is 5.43. The Morgan fingerprint density at radius 1 is 1.35 bits per heavy atom. The summed E-state index contributed by atoms with van der Waals surface area (Å²) in [7, 11) is 0. The van der Waals surface area contributed by atoms with Crippen LogP contribution in [0.3, 0.4) is 0 Å². The summed E-state index contributed by atoms with van der Waals surface area (Å²) in [5, 5.41) is 6.41. The molecule has 0 saturated heterocycles. The Bertz CT molecular complexity index is 626. The van der Waals surface area contributed by atoms with Crippen LogP contribution in [0.5, 0.6) is 0 Å². The molecule has 0 atom stereocenters. The van der Waals surface area contributed by atoms with Crippen LogP contribution in [0, 0.1) is 0 Å². The minimum atomic E-state index is -0.0116. The predicted molar refractivity (Wildman–Crippen MR) is 95.0 cm³/mol. The monoisotopic (exact) mass is 352 g/mol. The van der Waals surface area contributed by atoms with E-state index < -0.39 is 0 Å². The van der Waals surface area contributed by atoms with Crippen molar-refractivity contribution in [3.05, 3.63) is 40.4 Å². The van der Waals surface area contributed by atoms with Crippen molar-refractivity contribution in [1.82, 2.24) is 10.3 Å². The number of halogens is 1. The molecule has 124 valence electrons. The Morgan fingerprint density at radius 2 is 2.09 bits per heavy atom. The maximum absolute atomic E-state index is 11.9. The average Bonchev–Trinajstić information content (AvgIpc) is 2.95. The van der Waals surface area contributed by atoms with Gasteiger partial charge >= 0.3 is 0 Å². The van der Waals surface area contributed by atoms with E-state index in [1.807, 2.05) is 43.5 Å². The van der Waals surface area contributed by atoms with Gasteiger partial charge in [0.1, 0.15) is 5.01 Å². The first-order valence-electron chi connectivity index (χ1n) is 7.63. The number of benzene rings is 1. The number of nitrogens with zero attached hydrogens (tertiary/aromatic N) is 1. The van der Waals surface area contributed by atoms with Crippen LogP contribution >= 0.6 is 22.9 Å². The quantitative estimate of drug-likeness (QED) is 0.732. The molecular formula is C17H21ClN2O2S. The fourth-order valence-electron chi connectivity index (χ4n) is 1.96. The number of nitrogens with one attached hydrogen (secondary N) is 1. The van der Waals surface area contributed by atoms with E-state index in [0.717, 1.165) is 22.7 Å². The number of hydrogen-bond donors (Lipinski definition) is 1. The van der Waals surface area contributed by atoms with Gasteiger partial charge < -0.3 is 10.1 Å². The Morgan fingerprint density at radius 3 is 2.78 bits per heavy atom. The Labute approximate surface area is 145 Å². The third-order valence-electron chi connectivity index (χ3n) is 3.08. The highest BCUT2D eigenvalue weighted by Crippen LogP contribution is 2.25. The van der Waals surface area contributed by atoms with Gasteiger partial charge in [-0.15, -0.1) is 11.3 Å². The van der Waals surface area contributed by atoms with Crippen molar-refractivity contribution >= 4 is 28.8 Å². The molecule has 0 saturated carbocycles. The first-order valence-corrected chi connectivity index (χ1v) is 8.89. The zero-order chi connectivity index (χ0) is 16.7. The second-order valence-electron chi connectivity index (χ2n) is 5.45. The molecule has 1 aromatic heterocycles. The first-order chi connectivity index (χ1) is 11.0. The molecule has 1 aromatic carbocycles. The fourth-order valence-corrected chi connectivity index (χ4v) is 2.91. The molecule has 1 amide bonds. The number of hydrogen-bond acceptors (Lipinski definition) is 4. The molecule has 1 heterocycles. The lowest BCUT2D eigenvalue weighted by atomic mass is 10.2. The second-order valence-corrected chi connectivity index (χ2v) is 6.75. The number of rotatable bonds is 8. The standard InChI is InChI=1S/C17H21ClN2O2S/c1-12(2)22-9-3-8-19-16(21)10-15-11-23-17(20-15)13-4-6-14(18)7-5-13/h4-7,11-12H,3,8-10H2,1-2H3,(H,19,21). The molecule has 0 spiro atoms. The zero-order valence-electron chi connectivity index (χ0n) is 13.3. The van der Waals surface area contributed by atoms with Crippen molar-refractivity contribution in [3.8, 4) is 10.6 Å². The summed E-state index contributed by atoms with van der Waals surface area (Å²) in [6.07, 6.45) is 1.35. The van der Waals surface area contributed by atoms with E-state index in [0.29, 0.717) is 24.6 Å². The van der Waals surface area contributed by atoms with E-state index >= 15 is 0 Å². The maximum atomic E-state index is 11.9. The van der Waals surface area contributed by atoms with Crippen molar-refractivity contribution in [2.75, 3.05) is 13.2 Å². The van der Waals surface area contributed by atoms with Crippen LogP contribution in [0.4, 0.5) is 0 Å². The van der Waals surface area contributed by atoms with Crippen LogP contribution in [0.25, 0.3) is 10.6 Å². The van der Waals surface area contributed by atoms with Crippen molar-refractivity contribution in [2.24, 2.45) is 0 Å². The lowest BCUT2D eigenvalue weighted by Crippen LogP contribution is -2.27. The largest absolute Gasteiger partial charge is 0.379 e. The van der Waals surface area contributed by atoms with Gasteiger partial charge in [-0.05, 0) is 32.4 Å². The van der Waals surface area contributed by atoms with Gasteiger partial charge in [0, 0.05) is 29.1 Å². The third kappa shape index (κ3) is 6.29. The number of amides is 1. The third-order valence-corrected chi connectivity index (χ3v) is 4.27. The minimum absolute atomic E-state index is 0.0116. The van der Waals surface area contributed by atoms with Crippen molar-refractivity contribution in [2.45, 2.75) is 32.8 Å². The van der Waals surface area contributed by atoms with Gasteiger partial charge in [-0.25, -0.2) is 4.98 Å². The molecule has 0 aliphatic heterocycles. The van der Waals surface area contributed by atoms with Crippen molar-refractivity contribution in [3.63, 3.8) is 0 Å². The Kier molecular flexibility index (Phi) is 7.02. The highest BCUT2D eigenvalue weighted by molar-refractivity contribution is 7.13. The summed E-state index contributed by atoms with van der Waals surface area (Å²) in [5.74, 6) is -0.0116. The number of carbonyl (C=O) groups excluding carboxylic acids is 1. The summed E-state index contributed by atoms with van der Waals surface area (Å²) in [4.78, 5) is 16.4. The normalized spacial score (nSPS) is 11.0. The number of aromatic nitrogens is 1. The molecule has 0 unspecified atom stereocenters. The van der Waals surface area contributed by atoms with Gasteiger partial charge in [0.05, 0.1) is 18.2 Å². The molecule has 2 rings (SSSR count). The van der Waals surface area contributed by atoms with Gasteiger partial charge in [0.25, 0.3) is 0 Å². The lowest BCUT2D eigenvalue weighted by molar-refractivity contribution is -0.120. The molecule has 1 N–H and O–H groups in total. The molecule has 0 radical (unpaired) electrons.